The molecule has 0 aliphatic rings. The van der Waals surface area contributed by atoms with Crippen LogP contribution < -0.4 is 0 Å². The molecule has 0 aliphatic heterocycles. The lowest BCUT2D eigenvalue weighted by molar-refractivity contribution is 0.0992. The van der Waals surface area contributed by atoms with E-state index in [9.17, 15) is 4.79 Å². The molecule has 0 saturated heterocycles. The van der Waals surface area contributed by atoms with Gasteiger partial charge in [0.1, 0.15) is 0 Å². The van der Waals surface area contributed by atoms with E-state index in [-0.39, 0.29) is 12.2 Å². The van der Waals surface area contributed by atoms with Gasteiger partial charge < -0.3 is 0 Å². The van der Waals surface area contributed by atoms with Crippen molar-refractivity contribution in [3.05, 3.63) is 66.5 Å². The van der Waals surface area contributed by atoms with E-state index < -0.39 is 0 Å². The van der Waals surface area contributed by atoms with Crippen molar-refractivity contribution in [1.29, 1.82) is 0 Å². The summed E-state index contributed by atoms with van der Waals surface area (Å²) in [6.45, 7) is 0. The molecule has 0 saturated carbocycles. The van der Waals surface area contributed by atoms with E-state index in [4.69, 9.17) is 23.2 Å². The van der Waals surface area contributed by atoms with Crippen LogP contribution in [-0.4, -0.2) is 5.78 Å². The number of carbonyl (C=O) groups is 1. The van der Waals surface area contributed by atoms with Gasteiger partial charge in [-0.05, 0) is 35.9 Å². The van der Waals surface area contributed by atoms with Crippen LogP contribution in [0.1, 0.15) is 15.9 Å². The Kier molecular flexibility index (Phi) is 5.07. The summed E-state index contributed by atoms with van der Waals surface area (Å²) in [4.78, 5) is 12.3. The summed E-state index contributed by atoms with van der Waals surface area (Å²) in [6.07, 6.45) is 0.241. The highest BCUT2D eigenvalue weighted by atomic mass is 79.9. The molecule has 98 valence electrons. The van der Waals surface area contributed by atoms with Gasteiger partial charge in [0.05, 0.1) is 0 Å². The van der Waals surface area contributed by atoms with Gasteiger partial charge in [0.25, 0.3) is 0 Å². The summed E-state index contributed by atoms with van der Waals surface area (Å²) in [7, 11) is 0. The van der Waals surface area contributed by atoms with Crippen LogP contribution in [0.4, 0.5) is 0 Å². The van der Waals surface area contributed by atoms with Crippen LogP contribution >= 0.6 is 55.1 Å². The molecule has 0 atom stereocenters. The molecule has 0 fully saturated rings. The molecule has 1 nitrogen and oxygen atoms in total. The molecule has 0 heterocycles. The second-order valence-electron chi connectivity index (χ2n) is 3.96. The largest absolute Gasteiger partial charge is 0.294 e. The molecule has 2 rings (SSSR count). The first-order valence-electron chi connectivity index (χ1n) is 5.39. The third-order valence-electron chi connectivity index (χ3n) is 2.59. The van der Waals surface area contributed by atoms with Gasteiger partial charge in [-0.1, -0.05) is 61.1 Å². The van der Waals surface area contributed by atoms with Gasteiger partial charge in [-0.15, -0.1) is 0 Å². The van der Waals surface area contributed by atoms with Gasteiger partial charge in [0, 0.05) is 31.0 Å². The number of halogens is 4. The molecule has 0 aliphatic carbocycles. The third kappa shape index (κ3) is 3.82. The Morgan fingerprint density at radius 1 is 1.05 bits per heavy atom. The lowest BCUT2D eigenvalue weighted by atomic mass is 10.0. The second-order valence-corrected chi connectivity index (χ2v) is 6.57. The van der Waals surface area contributed by atoms with E-state index in [0.29, 0.717) is 15.6 Å². The van der Waals surface area contributed by atoms with Crippen LogP contribution in [0, 0.1) is 0 Å². The summed E-state index contributed by atoms with van der Waals surface area (Å²) >= 11 is 18.6. The fourth-order valence-corrected chi connectivity index (χ4v) is 2.95. The summed E-state index contributed by atoms with van der Waals surface area (Å²) in [5, 5.41) is 1.07. The zero-order valence-electron chi connectivity index (χ0n) is 9.59. The number of ketones is 1. The van der Waals surface area contributed by atoms with Crippen LogP contribution in [0.5, 0.6) is 0 Å². The number of rotatable bonds is 3. The lowest BCUT2D eigenvalue weighted by Gasteiger charge is -2.06. The molecule has 0 unspecified atom stereocenters. The maximum Gasteiger partial charge on any atom is 0.168 e. The van der Waals surface area contributed by atoms with Crippen LogP contribution in [0.3, 0.4) is 0 Å². The molecular weight excluding hydrogens is 415 g/mol. The molecule has 19 heavy (non-hydrogen) atoms. The molecule has 2 aromatic carbocycles. The third-order valence-corrected chi connectivity index (χ3v) is 4.37. The molecule has 0 spiro atoms. The minimum absolute atomic E-state index is 0.00241. The average molecular weight is 423 g/mol. The van der Waals surface area contributed by atoms with Crippen molar-refractivity contribution in [3.8, 4) is 0 Å². The van der Waals surface area contributed by atoms with Crippen molar-refractivity contribution in [2.24, 2.45) is 0 Å². The van der Waals surface area contributed by atoms with Gasteiger partial charge in [0.15, 0.2) is 5.78 Å². The van der Waals surface area contributed by atoms with Gasteiger partial charge in [-0.3, -0.25) is 4.79 Å². The van der Waals surface area contributed by atoms with E-state index in [1.54, 1.807) is 24.3 Å². The van der Waals surface area contributed by atoms with Crippen molar-refractivity contribution in [2.75, 3.05) is 0 Å². The minimum atomic E-state index is -0.00241. The second kappa shape index (κ2) is 6.40. The highest BCUT2D eigenvalue weighted by molar-refractivity contribution is 9.11. The van der Waals surface area contributed by atoms with E-state index >= 15 is 0 Å². The molecule has 0 amide bonds. The van der Waals surface area contributed by atoms with E-state index in [0.717, 1.165) is 14.5 Å². The molecule has 2 aromatic rings. The fourth-order valence-electron chi connectivity index (χ4n) is 1.64. The van der Waals surface area contributed by atoms with Gasteiger partial charge in [-0.2, -0.15) is 0 Å². The van der Waals surface area contributed by atoms with Crippen LogP contribution in [0.15, 0.2) is 45.3 Å². The number of hydrogen-bond acceptors (Lipinski definition) is 1. The number of benzene rings is 2. The highest BCUT2D eigenvalue weighted by Crippen LogP contribution is 2.26. The first kappa shape index (κ1) is 15.0. The Bertz CT molecular complexity index is 641. The monoisotopic (exact) mass is 420 g/mol. The maximum atomic E-state index is 12.3. The summed E-state index contributed by atoms with van der Waals surface area (Å²) in [5.74, 6) is -0.00241. The standard InChI is InChI=1S/C14H8Br2Cl2O/c15-9-2-4-12(16)11(6-9)14(19)5-8-1-3-10(17)7-13(8)18/h1-4,6-7H,5H2. The van der Waals surface area contributed by atoms with Crippen LogP contribution in [0.2, 0.25) is 10.0 Å². The number of Topliss-reactive ketones (excluding diaryl/α,β-unsaturated/α-hetero) is 1. The molecular formula is C14H8Br2Cl2O. The predicted octanol–water partition coefficient (Wildman–Crippen LogP) is 5.94. The molecule has 0 radical (unpaired) electrons. The zero-order valence-corrected chi connectivity index (χ0v) is 14.3. The Hall–Kier alpha value is -0.350. The van der Waals surface area contributed by atoms with Gasteiger partial charge in [-0.25, -0.2) is 0 Å². The topological polar surface area (TPSA) is 17.1 Å². The first-order valence-corrected chi connectivity index (χ1v) is 7.74. The Labute approximate surface area is 138 Å². The quantitative estimate of drug-likeness (QED) is 0.559. The zero-order chi connectivity index (χ0) is 14.0. The molecule has 5 heteroatoms. The summed E-state index contributed by atoms with van der Waals surface area (Å²) in [5.41, 5.74) is 1.39. The Morgan fingerprint density at radius 2 is 1.79 bits per heavy atom. The Balaban J connectivity index is 2.28. The van der Waals surface area contributed by atoms with Gasteiger partial charge >= 0.3 is 0 Å². The van der Waals surface area contributed by atoms with Crippen molar-refractivity contribution in [1.82, 2.24) is 0 Å². The minimum Gasteiger partial charge on any atom is -0.294 e. The normalized spacial score (nSPS) is 10.5. The number of hydrogen-bond donors (Lipinski definition) is 0. The van der Waals surface area contributed by atoms with Crippen molar-refractivity contribution in [2.45, 2.75) is 6.42 Å². The predicted molar refractivity (Wildman–Crippen MR) is 86.3 cm³/mol. The van der Waals surface area contributed by atoms with Crippen molar-refractivity contribution in [3.63, 3.8) is 0 Å². The van der Waals surface area contributed by atoms with Crippen LogP contribution in [-0.2, 0) is 6.42 Å². The summed E-state index contributed by atoms with van der Waals surface area (Å²) in [6, 6.07) is 10.6. The SMILES string of the molecule is O=C(Cc1ccc(Cl)cc1Cl)c1cc(Br)ccc1Br. The Morgan fingerprint density at radius 3 is 2.47 bits per heavy atom. The van der Waals surface area contributed by atoms with Crippen LogP contribution in [0.25, 0.3) is 0 Å². The summed E-state index contributed by atoms with van der Waals surface area (Å²) < 4.78 is 1.63. The number of carbonyl (C=O) groups excluding carboxylic acids is 1. The van der Waals surface area contributed by atoms with E-state index in [2.05, 4.69) is 31.9 Å². The van der Waals surface area contributed by atoms with Gasteiger partial charge in [0.2, 0.25) is 0 Å². The van der Waals surface area contributed by atoms with E-state index in [1.807, 2.05) is 12.1 Å². The smallest absolute Gasteiger partial charge is 0.168 e. The molecule has 0 N–H and O–H groups in total. The molecule has 0 aromatic heterocycles. The average Bonchev–Trinajstić information content (AvgIpc) is 2.35. The maximum absolute atomic E-state index is 12.3. The fraction of sp³-hybridized carbons (Fsp3) is 0.0714. The van der Waals surface area contributed by atoms with E-state index in [1.165, 1.54) is 0 Å². The highest BCUT2D eigenvalue weighted by Gasteiger charge is 2.13. The first-order chi connectivity index (χ1) is 8.97. The van der Waals surface area contributed by atoms with Crippen molar-refractivity contribution >= 4 is 60.8 Å². The van der Waals surface area contributed by atoms with Crippen molar-refractivity contribution < 1.29 is 4.79 Å². The lowest BCUT2D eigenvalue weighted by Crippen LogP contribution is -2.05. The molecule has 0 bridgehead atoms.